The molecule has 9 nitrogen and oxygen atoms in total. The first-order valence-corrected chi connectivity index (χ1v) is 9.24. The molecule has 2 heterocycles. The molecule has 0 bridgehead atoms. The van der Waals surface area contributed by atoms with Crippen molar-refractivity contribution in [1.82, 2.24) is 24.5 Å². The number of rotatable bonds is 7. The van der Waals surface area contributed by atoms with Crippen LogP contribution in [0.3, 0.4) is 0 Å². The summed E-state index contributed by atoms with van der Waals surface area (Å²) in [5, 5.41) is 20.8. The molecule has 0 aliphatic heterocycles. The lowest BCUT2D eigenvalue weighted by atomic mass is 10.1. The Morgan fingerprint density at radius 1 is 1.03 bits per heavy atom. The summed E-state index contributed by atoms with van der Waals surface area (Å²) in [6.07, 6.45) is 3.52. The minimum Gasteiger partial charge on any atom is -0.497 e. The molecule has 30 heavy (non-hydrogen) atoms. The molecular formula is C21H21N5O4. The Morgan fingerprint density at radius 2 is 1.73 bits per heavy atom. The van der Waals surface area contributed by atoms with Crippen LogP contribution in [0.1, 0.15) is 11.4 Å². The van der Waals surface area contributed by atoms with Crippen molar-refractivity contribution in [1.29, 1.82) is 0 Å². The van der Waals surface area contributed by atoms with Gasteiger partial charge in [-0.15, -0.1) is 5.10 Å². The predicted octanol–water partition coefficient (Wildman–Crippen LogP) is 1.98. The van der Waals surface area contributed by atoms with Crippen LogP contribution in [0.25, 0.3) is 16.8 Å². The lowest BCUT2D eigenvalue weighted by molar-refractivity contribution is 0.265. The van der Waals surface area contributed by atoms with Gasteiger partial charge >= 0.3 is 5.69 Å². The van der Waals surface area contributed by atoms with Crippen LogP contribution in [0.5, 0.6) is 11.5 Å². The fraction of sp³-hybridized carbons (Fsp3) is 0.190. The van der Waals surface area contributed by atoms with Crippen molar-refractivity contribution in [2.24, 2.45) is 0 Å². The highest BCUT2D eigenvalue weighted by atomic mass is 16.5. The third-order valence-corrected chi connectivity index (χ3v) is 4.78. The number of hydrogen-bond donors (Lipinski definition) is 2. The van der Waals surface area contributed by atoms with Crippen molar-refractivity contribution in [2.75, 3.05) is 14.2 Å². The fourth-order valence-electron chi connectivity index (χ4n) is 3.23. The number of aromatic nitrogens is 5. The van der Waals surface area contributed by atoms with E-state index in [0.717, 1.165) is 16.7 Å². The summed E-state index contributed by atoms with van der Waals surface area (Å²) in [7, 11) is 3.13. The molecule has 0 aliphatic rings. The minimum absolute atomic E-state index is 0.218. The van der Waals surface area contributed by atoms with Gasteiger partial charge in [0.05, 0.1) is 32.6 Å². The van der Waals surface area contributed by atoms with E-state index in [4.69, 9.17) is 9.47 Å². The van der Waals surface area contributed by atoms with E-state index >= 15 is 0 Å². The molecule has 0 amide bonds. The third-order valence-electron chi connectivity index (χ3n) is 4.78. The van der Waals surface area contributed by atoms with Crippen LogP contribution in [0, 0.1) is 0 Å². The molecule has 0 saturated carbocycles. The van der Waals surface area contributed by atoms with E-state index in [-0.39, 0.29) is 24.7 Å². The molecule has 4 rings (SSSR count). The minimum atomic E-state index is -0.365. The molecule has 0 atom stereocenters. The standard InChI is InChI=1S/C21H21N5O4/c1-29-18-7-14(8-19(9-18)30-2)12-25-20(13-27)24-26(21(25)28)17-5-3-15(4-6-17)16-10-22-23-11-16/h3-11,27H,12-13H2,1-2H3,(H,22,23). The normalized spacial score (nSPS) is 10.9. The second-order valence-electron chi connectivity index (χ2n) is 6.61. The van der Waals surface area contributed by atoms with Gasteiger partial charge in [-0.05, 0) is 35.4 Å². The van der Waals surface area contributed by atoms with Crippen LogP contribution < -0.4 is 15.2 Å². The van der Waals surface area contributed by atoms with Crippen LogP contribution in [0.4, 0.5) is 0 Å². The zero-order chi connectivity index (χ0) is 21.1. The first-order valence-electron chi connectivity index (χ1n) is 9.24. The van der Waals surface area contributed by atoms with Crippen molar-refractivity contribution in [3.05, 3.63) is 76.7 Å². The number of H-pyrrole nitrogens is 1. The van der Waals surface area contributed by atoms with Crippen LogP contribution in [0.2, 0.25) is 0 Å². The lowest BCUT2D eigenvalue weighted by Crippen LogP contribution is -2.25. The molecule has 0 unspecified atom stereocenters. The zero-order valence-corrected chi connectivity index (χ0v) is 16.6. The Balaban J connectivity index is 1.69. The SMILES string of the molecule is COc1cc(Cn2c(CO)nn(-c3ccc(-c4cn[nH]c4)cc3)c2=O)cc(OC)c1. The molecule has 0 radical (unpaired) electrons. The number of nitrogens with zero attached hydrogens (tertiary/aromatic N) is 4. The summed E-state index contributed by atoms with van der Waals surface area (Å²) in [5.74, 6) is 1.50. The summed E-state index contributed by atoms with van der Waals surface area (Å²) in [5.41, 5.74) is 2.95. The van der Waals surface area contributed by atoms with Crippen molar-refractivity contribution < 1.29 is 14.6 Å². The molecule has 9 heteroatoms. The van der Waals surface area contributed by atoms with Crippen molar-refractivity contribution in [3.8, 4) is 28.3 Å². The topological polar surface area (TPSA) is 107 Å². The summed E-state index contributed by atoms with van der Waals surface area (Å²) >= 11 is 0. The van der Waals surface area contributed by atoms with E-state index in [0.29, 0.717) is 17.2 Å². The highest BCUT2D eigenvalue weighted by Gasteiger charge is 2.15. The Hall–Kier alpha value is -3.85. The van der Waals surface area contributed by atoms with Gasteiger partial charge in [-0.1, -0.05) is 12.1 Å². The molecule has 4 aromatic rings. The second-order valence-corrected chi connectivity index (χ2v) is 6.61. The first kappa shape index (κ1) is 19.5. The molecule has 0 spiro atoms. The number of methoxy groups -OCH3 is 2. The van der Waals surface area contributed by atoms with Gasteiger partial charge in [0, 0.05) is 17.8 Å². The number of benzene rings is 2. The molecule has 0 fully saturated rings. The Morgan fingerprint density at radius 3 is 2.30 bits per heavy atom. The van der Waals surface area contributed by atoms with Crippen molar-refractivity contribution >= 4 is 0 Å². The quantitative estimate of drug-likeness (QED) is 0.485. The number of hydrogen-bond acceptors (Lipinski definition) is 6. The van der Waals surface area contributed by atoms with E-state index in [9.17, 15) is 9.90 Å². The largest absolute Gasteiger partial charge is 0.497 e. The maximum Gasteiger partial charge on any atom is 0.351 e. The number of nitrogens with one attached hydrogen (secondary N) is 1. The highest BCUT2D eigenvalue weighted by Crippen LogP contribution is 2.23. The zero-order valence-electron chi connectivity index (χ0n) is 16.6. The number of aromatic amines is 1. The van der Waals surface area contributed by atoms with Gasteiger partial charge in [0.15, 0.2) is 5.82 Å². The summed E-state index contributed by atoms with van der Waals surface area (Å²) in [6, 6.07) is 12.8. The van der Waals surface area contributed by atoms with E-state index in [2.05, 4.69) is 15.3 Å². The lowest BCUT2D eigenvalue weighted by Gasteiger charge is -2.09. The molecule has 2 N–H and O–H groups in total. The predicted molar refractivity (Wildman–Crippen MR) is 110 cm³/mol. The molecule has 0 aliphatic carbocycles. The van der Waals surface area contributed by atoms with Gasteiger partial charge in [0.2, 0.25) is 0 Å². The smallest absolute Gasteiger partial charge is 0.351 e. The van der Waals surface area contributed by atoms with Crippen LogP contribution in [-0.4, -0.2) is 43.9 Å². The van der Waals surface area contributed by atoms with Gasteiger partial charge in [0.25, 0.3) is 0 Å². The van der Waals surface area contributed by atoms with E-state index in [1.807, 2.05) is 24.3 Å². The Bertz CT molecular complexity index is 1170. The van der Waals surface area contributed by atoms with E-state index < -0.39 is 0 Å². The molecule has 2 aromatic heterocycles. The van der Waals surface area contributed by atoms with Crippen molar-refractivity contribution in [3.63, 3.8) is 0 Å². The number of aliphatic hydroxyl groups is 1. The molecular weight excluding hydrogens is 386 g/mol. The number of ether oxygens (including phenoxy) is 2. The van der Waals surface area contributed by atoms with Gasteiger partial charge in [-0.3, -0.25) is 9.67 Å². The second kappa shape index (κ2) is 8.26. The van der Waals surface area contributed by atoms with Crippen molar-refractivity contribution in [2.45, 2.75) is 13.2 Å². The average Bonchev–Trinajstić information content (AvgIpc) is 3.43. The maximum absolute atomic E-state index is 13.1. The van der Waals surface area contributed by atoms with Crippen LogP contribution in [-0.2, 0) is 13.2 Å². The van der Waals surface area contributed by atoms with Gasteiger partial charge in [0.1, 0.15) is 18.1 Å². The summed E-state index contributed by atoms with van der Waals surface area (Å²) in [4.78, 5) is 13.1. The number of aliphatic hydroxyl groups excluding tert-OH is 1. The molecule has 0 saturated heterocycles. The Kier molecular flexibility index (Phi) is 5.36. The van der Waals surface area contributed by atoms with Crippen LogP contribution >= 0.6 is 0 Å². The molecule has 154 valence electrons. The van der Waals surface area contributed by atoms with E-state index in [1.54, 1.807) is 44.8 Å². The molecule has 2 aromatic carbocycles. The third kappa shape index (κ3) is 3.70. The fourth-order valence-corrected chi connectivity index (χ4v) is 3.23. The maximum atomic E-state index is 13.1. The van der Waals surface area contributed by atoms with Gasteiger partial charge in [-0.2, -0.15) is 9.78 Å². The summed E-state index contributed by atoms with van der Waals surface area (Å²) < 4.78 is 13.3. The average molecular weight is 407 g/mol. The summed E-state index contributed by atoms with van der Waals surface area (Å²) in [6.45, 7) is -0.147. The monoisotopic (exact) mass is 407 g/mol. The van der Waals surface area contributed by atoms with E-state index in [1.165, 1.54) is 9.25 Å². The van der Waals surface area contributed by atoms with Crippen LogP contribution in [0.15, 0.2) is 59.7 Å². The highest BCUT2D eigenvalue weighted by molar-refractivity contribution is 5.62. The first-order chi connectivity index (χ1) is 14.6. The Labute approximate surface area is 172 Å². The van der Waals surface area contributed by atoms with Gasteiger partial charge in [-0.25, -0.2) is 4.79 Å². The van der Waals surface area contributed by atoms with Gasteiger partial charge < -0.3 is 14.6 Å².